The van der Waals surface area contributed by atoms with Gasteiger partial charge in [0.05, 0.1) is 10.6 Å². The summed E-state index contributed by atoms with van der Waals surface area (Å²) in [6, 6.07) is 0. The third-order valence-electron chi connectivity index (χ3n) is 2.02. The first-order chi connectivity index (χ1) is 4.79. The summed E-state index contributed by atoms with van der Waals surface area (Å²) in [5.74, 6) is 0.307. The van der Waals surface area contributed by atoms with E-state index in [0.29, 0.717) is 17.2 Å². The average molecular weight is 202 g/mol. The quantitative estimate of drug-likeness (QED) is 0.435. The molecule has 2 nitrogen and oxygen atoms in total. The fourth-order valence-electron chi connectivity index (χ4n) is 1.49. The van der Waals surface area contributed by atoms with Gasteiger partial charge in [0.2, 0.25) is 0 Å². The Kier molecular flexibility index (Phi) is 1.34. The molecule has 0 spiro atoms. The van der Waals surface area contributed by atoms with Crippen LogP contribution in [-0.4, -0.2) is 22.2 Å². The number of allylic oxidation sites excluding steroid dienone is 1. The summed E-state index contributed by atoms with van der Waals surface area (Å²) in [6.07, 6.45) is 3.70. The van der Waals surface area contributed by atoms with Crippen LogP contribution in [0.4, 0.5) is 0 Å². The molecule has 10 heavy (non-hydrogen) atoms. The maximum absolute atomic E-state index is 11.1. The third-order valence-corrected chi connectivity index (χ3v) is 2.89. The monoisotopic (exact) mass is 201 g/mol. The van der Waals surface area contributed by atoms with E-state index in [2.05, 4.69) is 20.8 Å². The predicted molar refractivity (Wildman–Crippen MR) is 41.7 cm³/mol. The lowest BCUT2D eigenvalue weighted by Gasteiger charge is -2.17. The van der Waals surface area contributed by atoms with Crippen LogP contribution in [0.3, 0.4) is 0 Å². The Labute approximate surface area is 68.0 Å². The highest BCUT2D eigenvalue weighted by Gasteiger charge is 2.33. The molecule has 0 amide bonds. The van der Waals surface area contributed by atoms with E-state index in [-0.39, 0.29) is 0 Å². The minimum absolute atomic E-state index is 0.307. The molecule has 2 rings (SSSR count). The third kappa shape index (κ3) is 0.732. The molecule has 0 aromatic heterocycles. The Hall–Kier alpha value is -0.310. The van der Waals surface area contributed by atoms with Crippen LogP contribution in [0, 0.1) is 0 Å². The van der Waals surface area contributed by atoms with E-state index in [0.717, 1.165) is 18.7 Å². The molecule has 0 aromatic rings. The number of hydrogen-bond donors (Lipinski definition) is 0. The molecule has 0 N–H and O–H groups in total. The smallest absolute Gasteiger partial charge is 0.180 e. The standard InChI is InChI=1S/C7H8BrNO/c8-7-2-1-5-6(10)3-4-9(5)7/h1,7H,2-4H2. The maximum Gasteiger partial charge on any atom is 0.180 e. The minimum atomic E-state index is 0.307. The average Bonchev–Trinajstić information content (AvgIpc) is 2.41. The van der Waals surface area contributed by atoms with Crippen LogP contribution in [0.5, 0.6) is 0 Å². The van der Waals surface area contributed by atoms with Gasteiger partial charge in [-0.3, -0.25) is 4.79 Å². The summed E-state index contributed by atoms with van der Waals surface area (Å²) in [5, 5.41) is 0. The largest absolute Gasteiger partial charge is 0.356 e. The van der Waals surface area contributed by atoms with Crippen LogP contribution in [0.1, 0.15) is 12.8 Å². The van der Waals surface area contributed by atoms with Crippen molar-refractivity contribution in [3.05, 3.63) is 11.8 Å². The Morgan fingerprint density at radius 1 is 1.70 bits per heavy atom. The van der Waals surface area contributed by atoms with Gasteiger partial charge < -0.3 is 4.90 Å². The maximum atomic E-state index is 11.1. The molecule has 3 heteroatoms. The van der Waals surface area contributed by atoms with Gasteiger partial charge in [0.25, 0.3) is 0 Å². The molecule has 0 saturated carbocycles. The number of ketones is 1. The molecule has 0 radical (unpaired) electrons. The summed E-state index contributed by atoms with van der Waals surface area (Å²) < 4.78 is 0. The minimum Gasteiger partial charge on any atom is -0.356 e. The van der Waals surface area contributed by atoms with E-state index >= 15 is 0 Å². The molecule has 1 unspecified atom stereocenters. The number of rotatable bonds is 0. The Morgan fingerprint density at radius 3 is 3.20 bits per heavy atom. The van der Waals surface area contributed by atoms with Crippen molar-refractivity contribution in [2.24, 2.45) is 0 Å². The van der Waals surface area contributed by atoms with Gasteiger partial charge in [-0.15, -0.1) is 0 Å². The van der Waals surface area contributed by atoms with Gasteiger partial charge in [-0.1, -0.05) is 22.0 Å². The number of carbonyl (C=O) groups is 1. The van der Waals surface area contributed by atoms with Crippen molar-refractivity contribution in [2.45, 2.75) is 17.8 Å². The molecule has 1 atom stereocenters. The summed E-state index contributed by atoms with van der Waals surface area (Å²) in [6.45, 7) is 0.903. The second-order valence-corrected chi connectivity index (χ2v) is 3.68. The Bertz CT molecular complexity index is 212. The summed E-state index contributed by atoms with van der Waals surface area (Å²) in [4.78, 5) is 13.6. The van der Waals surface area contributed by atoms with Crippen molar-refractivity contribution in [2.75, 3.05) is 6.54 Å². The fraction of sp³-hybridized carbons (Fsp3) is 0.571. The molecule has 0 aliphatic carbocycles. The molecule has 0 bridgehead atoms. The highest BCUT2D eigenvalue weighted by atomic mass is 79.9. The highest BCUT2D eigenvalue weighted by Crippen LogP contribution is 2.31. The van der Waals surface area contributed by atoms with Gasteiger partial charge in [-0.2, -0.15) is 0 Å². The van der Waals surface area contributed by atoms with Crippen LogP contribution in [-0.2, 0) is 4.79 Å². The highest BCUT2D eigenvalue weighted by molar-refractivity contribution is 9.09. The van der Waals surface area contributed by atoms with E-state index in [1.165, 1.54) is 0 Å². The van der Waals surface area contributed by atoms with Gasteiger partial charge >= 0.3 is 0 Å². The fourth-order valence-corrected chi connectivity index (χ4v) is 2.10. The van der Waals surface area contributed by atoms with E-state index < -0.39 is 0 Å². The number of halogens is 1. The first-order valence-corrected chi connectivity index (χ1v) is 4.34. The van der Waals surface area contributed by atoms with Crippen LogP contribution < -0.4 is 0 Å². The number of fused-ring (bicyclic) bond motifs is 1. The molecular weight excluding hydrogens is 194 g/mol. The molecule has 2 aliphatic heterocycles. The molecule has 2 aliphatic rings. The summed E-state index contributed by atoms with van der Waals surface area (Å²) in [7, 11) is 0. The number of nitrogens with zero attached hydrogens (tertiary/aromatic N) is 1. The SMILES string of the molecule is O=C1CCN2C1=CCC2Br. The second kappa shape index (κ2) is 2.09. The number of carbonyl (C=O) groups excluding carboxylic acids is 1. The molecule has 0 aromatic carbocycles. The summed E-state index contributed by atoms with van der Waals surface area (Å²) >= 11 is 3.49. The zero-order valence-electron chi connectivity index (χ0n) is 5.51. The van der Waals surface area contributed by atoms with Gasteiger partial charge in [-0.05, 0) is 6.42 Å². The molecule has 1 fully saturated rings. The van der Waals surface area contributed by atoms with E-state index in [1.54, 1.807) is 0 Å². The Balaban J connectivity index is 2.28. The first kappa shape index (κ1) is 6.40. The molecule has 1 saturated heterocycles. The van der Waals surface area contributed by atoms with Crippen LogP contribution in [0.25, 0.3) is 0 Å². The lowest BCUT2D eigenvalue weighted by atomic mass is 10.3. The van der Waals surface area contributed by atoms with Crippen LogP contribution >= 0.6 is 15.9 Å². The lowest BCUT2D eigenvalue weighted by Crippen LogP contribution is -2.21. The van der Waals surface area contributed by atoms with Gasteiger partial charge in [-0.25, -0.2) is 0 Å². The topological polar surface area (TPSA) is 20.3 Å². The van der Waals surface area contributed by atoms with Crippen LogP contribution in [0.2, 0.25) is 0 Å². The first-order valence-electron chi connectivity index (χ1n) is 3.43. The number of hydrogen-bond acceptors (Lipinski definition) is 2. The zero-order chi connectivity index (χ0) is 7.14. The second-order valence-electron chi connectivity index (χ2n) is 2.63. The van der Waals surface area contributed by atoms with E-state index in [9.17, 15) is 4.79 Å². The number of alkyl halides is 1. The van der Waals surface area contributed by atoms with Crippen molar-refractivity contribution in [1.29, 1.82) is 0 Å². The van der Waals surface area contributed by atoms with Crippen molar-refractivity contribution < 1.29 is 4.79 Å². The summed E-state index contributed by atoms with van der Waals surface area (Å²) in [5.41, 5.74) is 0.932. The van der Waals surface area contributed by atoms with Gasteiger partial charge in [0, 0.05) is 13.0 Å². The van der Waals surface area contributed by atoms with Crippen molar-refractivity contribution in [3.63, 3.8) is 0 Å². The number of Topliss-reactive ketones (excluding diaryl/α,β-unsaturated/α-hetero) is 1. The molecule has 2 heterocycles. The van der Waals surface area contributed by atoms with Gasteiger partial charge in [0.1, 0.15) is 0 Å². The normalized spacial score (nSPS) is 30.9. The molecule has 54 valence electrons. The zero-order valence-corrected chi connectivity index (χ0v) is 7.10. The van der Waals surface area contributed by atoms with E-state index in [4.69, 9.17) is 0 Å². The lowest BCUT2D eigenvalue weighted by molar-refractivity contribution is -0.114. The van der Waals surface area contributed by atoms with Crippen molar-refractivity contribution in [1.82, 2.24) is 4.90 Å². The Morgan fingerprint density at radius 2 is 2.50 bits per heavy atom. The molecular formula is C7H8BrNO. The predicted octanol–water partition coefficient (Wildman–Crippen LogP) is 1.27. The van der Waals surface area contributed by atoms with Crippen LogP contribution in [0.15, 0.2) is 11.8 Å². The van der Waals surface area contributed by atoms with Gasteiger partial charge in [0.15, 0.2) is 5.78 Å². The van der Waals surface area contributed by atoms with Crippen molar-refractivity contribution in [3.8, 4) is 0 Å². The van der Waals surface area contributed by atoms with E-state index in [1.807, 2.05) is 6.08 Å². The van der Waals surface area contributed by atoms with Crippen molar-refractivity contribution >= 4 is 21.7 Å².